The molecule has 0 radical (unpaired) electrons. The molecule has 1 fully saturated rings. The van der Waals surface area contributed by atoms with Crippen molar-refractivity contribution >= 4 is 34.6 Å². The first kappa shape index (κ1) is 23.9. The van der Waals surface area contributed by atoms with Crippen molar-refractivity contribution in [1.82, 2.24) is 9.97 Å². The lowest BCUT2D eigenvalue weighted by Gasteiger charge is -2.37. The van der Waals surface area contributed by atoms with Crippen LogP contribution in [0.5, 0.6) is 11.5 Å². The number of anilines is 4. The van der Waals surface area contributed by atoms with E-state index < -0.39 is 0 Å². The average Bonchev–Trinajstić information content (AvgIpc) is 2.92. The number of nitrogens with zero attached hydrogens (tertiary/aromatic N) is 4. The van der Waals surface area contributed by atoms with Crippen LogP contribution < -0.4 is 19.9 Å². The summed E-state index contributed by atoms with van der Waals surface area (Å²) in [5.74, 6) is 4.25. The van der Waals surface area contributed by atoms with Gasteiger partial charge in [0, 0.05) is 55.1 Å². The highest BCUT2D eigenvalue weighted by molar-refractivity contribution is 6.31. The topological polar surface area (TPSA) is 53.5 Å². The minimum absolute atomic E-state index is 0.737. The standard InChI is InChI=1S/C29H30ClN5O/c1-3-27-32-28(31-26-11-7-10-25(30)21(26)2)20-29(33-27)35-18-16-34(17-19-35)22-12-14-24(15-13-22)36-23-8-5-4-6-9-23/h4-15,20H,3,16-19H2,1-2H3,(H,31,32,33). The van der Waals surface area contributed by atoms with Crippen molar-refractivity contribution in [3.8, 4) is 11.5 Å². The van der Waals surface area contributed by atoms with E-state index in [1.807, 2.05) is 73.7 Å². The maximum absolute atomic E-state index is 6.31. The fraction of sp³-hybridized carbons (Fsp3) is 0.241. The summed E-state index contributed by atoms with van der Waals surface area (Å²) in [7, 11) is 0. The number of hydrogen-bond donors (Lipinski definition) is 1. The molecule has 1 aromatic heterocycles. The van der Waals surface area contributed by atoms with E-state index in [0.717, 1.165) is 77.8 Å². The molecule has 1 aliphatic rings. The van der Waals surface area contributed by atoms with Gasteiger partial charge in [0.15, 0.2) is 0 Å². The van der Waals surface area contributed by atoms with Crippen LogP contribution in [0.25, 0.3) is 0 Å². The Morgan fingerprint density at radius 2 is 1.53 bits per heavy atom. The van der Waals surface area contributed by atoms with Gasteiger partial charge in [0.1, 0.15) is 29.0 Å². The van der Waals surface area contributed by atoms with E-state index in [-0.39, 0.29) is 0 Å². The van der Waals surface area contributed by atoms with Gasteiger partial charge in [-0.05, 0) is 61.0 Å². The van der Waals surface area contributed by atoms with Gasteiger partial charge in [-0.3, -0.25) is 0 Å². The molecule has 1 aliphatic heterocycles. The van der Waals surface area contributed by atoms with E-state index in [2.05, 4.69) is 34.2 Å². The third kappa shape index (κ3) is 5.55. The molecule has 1 saturated heterocycles. The zero-order chi connectivity index (χ0) is 24.9. The van der Waals surface area contributed by atoms with Crippen LogP contribution in [0, 0.1) is 6.92 Å². The first-order valence-corrected chi connectivity index (χ1v) is 12.7. The lowest BCUT2D eigenvalue weighted by atomic mass is 10.2. The fourth-order valence-electron chi connectivity index (χ4n) is 4.29. The maximum Gasteiger partial charge on any atom is 0.136 e. The molecule has 2 heterocycles. The van der Waals surface area contributed by atoms with Crippen LogP contribution in [0.4, 0.5) is 23.0 Å². The molecule has 0 aliphatic carbocycles. The molecule has 0 atom stereocenters. The third-order valence-corrected chi connectivity index (χ3v) is 6.80. The van der Waals surface area contributed by atoms with Crippen LogP contribution in [0.15, 0.2) is 78.9 Å². The van der Waals surface area contributed by atoms with Gasteiger partial charge in [0.05, 0.1) is 0 Å². The first-order valence-electron chi connectivity index (χ1n) is 12.3. The molecule has 0 amide bonds. The molecule has 36 heavy (non-hydrogen) atoms. The highest BCUT2D eigenvalue weighted by atomic mass is 35.5. The molecule has 0 spiro atoms. The van der Waals surface area contributed by atoms with Crippen LogP contribution in [0.2, 0.25) is 5.02 Å². The molecule has 7 heteroatoms. The minimum atomic E-state index is 0.737. The van der Waals surface area contributed by atoms with Crippen molar-refractivity contribution in [1.29, 1.82) is 0 Å². The highest BCUT2D eigenvalue weighted by Gasteiger charge is 2.20. The predicted octanol–water partition coefficient (Wildman–Crippen LogP) is 6.86. The quantitative estimate of drug-likeness (QED) is 0.299. The summed E-state index contributed by atoms with van der Waals surface area (Å²) in [5, 5.41) is 4.18. The van der Waals surface area contributed by atoms with E-state index in [1.54, 1.807) is 0 Å². The lowest BCUT2D eigenvalue weighted by molar-refractivity contribution is 0.482. The molecule has 3 aromatic carbocycles. The second-order valence-electron chi connectivity index (χ2n) is 8.80. The molecule has 6 nitrogen and oxygen atoms in total. The Morgan fingerprint density at radius 1 is 0.833 bits per heavy atom. The molecular formula is C29H30ClN5O. The van der Waals surface area contributed by atoms with E-state index in [9.17, 15) is 0 Å². The van der Waals surface area contributed by atoms with Crippen molar-refractivity contribution in [3.63, 3.8) is 0 Å². The fourth-order valence-corrected chi connectivity index (χ4v) is 4.47. The zero-order valence-corrected chi connectivity index (χ0v) is 21.4. The van der Waals surface area contributed by atoms with Crippen molar-refractivity contribution in [3.05, 3.63) is 95.3 Å². The Hall–Kier alpha value is -3.77. The Kier molecular flexibility index (Phi) is 7.23. The van der Waals surface area contributed by atoms with Crippen molar-refractivity contribution in [2.75, 3.05) is 41.3 Å². The summed E-state index contributed by atoms with van der Waals surface area (Å²) in [6.45, 7) is 7.70. The Labute approximate surface area is 217 Å². The van der Waals surface area contributed by atoms with Gasteiger partial charge < -0.3 is 19.9 Å². The summed E-state index contributed by atoms with van der Waals surface area (Å²) < 4.78 is 5.93. The molecular weight excluding hydrogens is 470 g/mol. The van der Waals surface area contributed by atoms with Crippen LogP contribution in [0.1, 0.15) is 18.3 Å². The number of halogens is 1. The van der Waals surface area contributed by atoms with Crippen LogP contribution in [-0.4, -0.2) is 36.1 Å². The molecule has 1 N–H and O–H groups in total. The summed E-state index contributed by atoms with van der Waals surface area (Å²) >= 11 is 6.31. The highest BCUT2D eigenvalue weighted by Crippen LogP contribution is 2.28. The van der Waals surface area contributed by atoms with Gasteiger partial charge >= 0.3 is 0 Å². The van der Waals surface area contributed by atoms with E-state index in [0.29, 0.717) is 0 Å². The summed E-state index contributed by atoms with van der Waals surface area (Å²) in [6, 6.07) is 26.1. The number of hydrogen-bond acceptors (Lipinski definition) is 6. The van der Waals surface area contributed by atoms with E-state index >= 15 is 0 Å². The number of nitrogens with one attached hydrogen (secondary N) is 1. The van der Waals surface area contributed by atoms with Crippen molar-refractivity contribution < 1.29 is 4.74 Å². The Balaban J connectivity index is 1.25. The molecule has 5 rings (SSSR count). The van der Waals surface area contributed by atoms with Crippen molar-refractivity contribution in [2.45, 2.75) is 20.3 Å². The van der Waals surface area contributed by atoms with E-state index in [4.69, 9.17) is 26.3 Å². The summed E-state index contributed by atoms with van der Waals surface area (Å²) in [5.41, 5.74) is 3.16. The second kappa shape index (κ2) is 10.9. The molecule has 0 bridgehead atoms. The second-order valence-corrected chi connectivity index (χ2v) is 9.21. The largest absolute Gasteiger partial charge is 0.457 e. The Bertz CT molecular complexity index is 1310. The Morgan fingerprint density at radius 3 is 2.25 bits per heavy atom. The van der Waals surface area contributed by atoms with Crippen LogP contribution in [0.3, 0.4) is 0 Å². The number of aryl methyl sites for hydroxylation is 1. The number of aromatic nitrogens is 2. The summed E-state index contributed by atoms with van der Waals surface area (Å²) in [6.07, 6.45) is 0.772. The number of para-hydroxylation sites is 1. The predicted molar refractivity (Wildman–Crippen MR) is 148 cm³/mol. The van der Waals surface area contributed by atoms with Gasteiger partial charge in [0.2, 0.25) is 0 Å². The number of benzene rings is 3. The van der Waals surface area contributed by atoms with E-state index in [1.165, 1.54) is 5.69 Å². The van der Waals surface area contributed by atoms with Gasteiger partial charge in [-0.25, -0.2) is 9.97 Å². The zero-order valence-electron chi connectivity index (χ0n) is 20.6. The number of piperazine rings is 1. The third-order valence-electron chi connectivity index (χ3n) is 6.39. The van der Waals surface area contributed by atoms with Crippen molar-refractivity contribution in [2.24, 2.45) is 0 Å². The smallest absolute Gasteiger partial charge is 0.136 e. The normalized spacial score (nSPS) is 13.5. The monoisotopic (exact) mass is 499 g/mol. The molecule has 0 saturated carbocycles. The van der Waals surface area contributed by atoms with Gasteiger partial charge in [0.25, 0.3) is 0 Å². The molecule has 184 valence electrons. The van der Waals surface area contributed by atoms with Gasteiger partial charge in [-0.2, -0.15) is 0 Å². The lowest BCUT2D eigenvalue weighted by Crippen LogP contribution is -2.47. The average molecular weight is 500 g/mol. The van der Waals surface area contributed by atoms with Crippen LogP contribution >= 0.6 is 11.6 Å². The van der Waals surface area contributed by atoms with Gasteiger partial charge in [-0.15, -0.1) is 0 Å². The number of ether oxygens (including phenoxy) is 1. The minimum Gasteiger partial charge on any atom is -0.457 e. The molecule has 4 aromatic rings. The SMILES string of the molecule is CCc1nc(Nc2cccc(Cl)c2C)cc(N2CCN(c3ccc(Oc4ccccc4)cc3)CC2)n1. The van der Waals surface area contributed by atoms with Crippen LogP contribution in [-0.2, 0) is 6.42 Å². The number of rotatable bonds is 7. The maximum atomic E-state index is 6.31. The first-order chi connectivity index (χ1) is 17.6. The molecule has 0 unspecified atom stereocenters. The van der Waals surface area contributed by atoms with Gasteiger partial charge in [-0.1, -0.05) is 42.8 Å². The summed E-state index contributed by atoms with van der Waals surface area (Å²) in [4.78, 5) is 14.3.